The molecule has 0 aromatic heterocycles. The Bertz CT molecular complexity index is 727. The van der Waals surface area contributed by atoms with Crippen molar-refractivity contribution in [2.24, 2.45) is 0 Å². The zero-order chi connectivity index (χ0) is 21.6. The van der Waals surface area contributed by atoms with Crippen LogP contribution in [0.5, 0.6) is 5.75 Å². The fraction of sp³-hybridized carbons (Fsp3) is 0.500. The van der Waals surface area contributed by atoms with Gasteiger partial charge in [0.1, 0.15) is 0 Å². The molecule has 0 aliphatic carbocycles. The van der Waals surface area contributed by atoms with Gasteiger partial charge in [-0.3, -0.25) is 0 Å². The van der Waals surface area contributed by atoms with Crippen LogP contribution in [0.25, 0.3) is 0 Å². The number of phenols is 1. The molecule has 0 fully saturated rings. The highest BCUT2D eigenvalue weighted by molar-refractivity contribution is 7.98. The third kappa shape index (κ3) is 9.47. The number of halogens is 1. The molecule has 1 atom stereocenters. The molecule has 1 unspecified atom stereocenters. The summed E-state index contributed by atoms with van der Waals surface area (Å²) in [4.78, 5) is 1.30. The van der Waals surface area contributed by atoms with Gasteiger partial charge in [0.05, 0.1) is 6.10 Å². The Labute approximate surface area is 183 Å². The van der Waals surface area contributed by atoms with E-state index in [0.717, 1.165) is 58.3 Å². The first-order valence-electron chi connectivity index (χ1n) is 10.7. The predicted octanol–water partition coefficient (Wildman–Crippen LogP) is 5.09. The standard InChI is InChI=1S/C24H34FNO3S/c1-30-21-11-8-19(9-12-21)7-6-16-29-15-5-3-2-4-14-26-18-24(28)20-10-13-23(27)22(25)17-20/h8-13,17,24,26-28H,2-7,14-16,18H2,1H3. The summed E-state index contributed by atoms with van der Waals surface area (Å²) in [5.41, 5.74) is 1.83. The van der Waals surface area contributed by atoms with Crippen LogP contribution in [0.1, 0.15) is 49.3 Å². The lowest BCUT2D eigenvalue weighted by Crippen LogP contribution is -2.22. The van der Waals surface area contributed by atoms with Crippen LogP contribution in [0, 0.1) is 5.82 Å². The topological polar surface area (TPSA) is 61.7 Å². The van der Waals surface area contributed by atoms with E-state index in [2.05, 4.69) is 35.8 Å². The van der Waals surface area contributed by atoms with Crippen molar-refractivity contribution in [3.05, 3.63) is 59.4 Å². The molecule has 0 saturated carbocycles. The summed E-state index contributed by atoms with van der Waals surface area (Å²) in [5.74, 6) is -1.11. The van der Waals surface area contributed by atoms with Gasteiger partial charge in [-0.15, -0.1) is 11.8 Å². The van der Waals surface area contributed by atoms with E-state index >= 15 is 0 Å². The van der Waals surface area contributed by atoms with E-state index in [9.17, 15) is 14.6 Å². The lowest BCUT2D eigenvalue weighted by atomic mass is 10.1. The van der Waals surface area contributed by atoms with Gasteiger partial charge in [0.15, 0.2) is 11.6 Å². The fourth-order valence-corrected chi connectivity index (χ4v) is 3.58. The molecule has 166 valence electrons. The normalized spacial score (nSPS) is 12.2. The molecule has 2 aromatic carbocycles. The van der Waals surface area contributed by atoms with Crippen molar-refractivity contribution < 1.29 is 19.3 Å². The van der Waals surface area contributed by atoms with Gasteiger partial charge in [0.2, 0.25) is 0 Å². The summed E-state index contributed by atoms with van der Waals surface area (Å²) in [6.45, 7) is 2.80. The van der Waals surface area contributed by atoms with Crippen LogP contribution in [0.4, 0.5) is 4.39 Å². The maximum Gasteiger partial charge on any atom is 0.165 e. The first kappa shape index (κ1) is 24.7. The number of hydrogen-bond acceptors (Lipinski definition) is 5. The van der Waals surface area contributed by atoms with E-state index in [0.29, 0.717) is 12.1 Å². The predicted molar refractivity (Wildman–Crippen MR) is 122 cm³/mol. The second-order valence-corrected chi connectivity index (χ2v) is 8.29. The highest BCUT2D eigenvalue weighted by Crippen LogP contribution is 2.20. The number of rotatable bonds is 15. The van der Waals surface area contributed by atoms with Crippen LogP contribution < -0.4 is 5.32 Å². The van der Waals surface area contributed by atoms with Crippen LogP contribution >= 0.6 is 11.8 Å². The van der Waals surface area contributed by atoms with E-state index in [1.54, 1.807) is 11.8 Å². The molecule has 4 nitrogen and oxygen atoms in total. The van der Waals surface area contributed by atoms with Crippen molar-refractivity contribution >= 4 is 11.8 Å². The molecule has 0 aliphatic rings. The molecular weight excluding hydrogens is 401 g/mol. The van der Waals surface area contributed by atoms with Crippen LogP contribution in [0.2, 0.25) is 0 Å². The van der Waals surface area contributed by atoms with E-state index in [1.165, 1.54) is 28.7 Å². The maximum atomic E-state index is 13.3. The highest BCUT2D eigenvalue weighted by atomic mass is 32.2. The van der Waals surface area contributed by atoms with Crippen LogP contribution in [0.3, 0.4) is 0 Å². The number of ether oxygens (including phenoxy) is 1. The summed E-state index contributed by atoms with van der Waals surface area (Å²) in [7, 11) is 0. The van der Waals surface area contributed by atoms with Crippen molar-refractivity contribution in [1.29, 1.82) is 0 Å². The molecule has 0 aliphatic heterocycles. The largest absolute Gasteiger partial charge is 0.505 e. The van der Waals surface area contributed by atoms with Crippen molar-refractivity contribution in [3.63, 3.8) is 0 Å². The average Bonchev–Trinajstić information content (AvgIpc) is 2.76. The molecule has 3 N–H and O–H groups in total. The molecule has 30 heavy (non-hydrogen) atoms. The number of aliphatic hydroxyl groups excluding tert-OH is 1. The molecule has 6 heteroatoms. The Morgan fingerprint density at radius 1 is 1.00 bits per heavy atom. The van der Waals surface area contributed by atoms with E-state index in [4.69, 9.17) is 4.74 Å². The van der Waals surface area contributed by atoms with Crippen LogP contribution in [0.15, 0.2) is 47.4 Å². The smallest absolute Gasteiger partial charge is 0.165 e. The molecule has 0 radical (unpaired) electrons. The minimum Gasteiger partial charge on any atom is -0.505 e. The SMILES string of the molecule is CSc1ccc(CCCOCCCCCCNCC(O)c2ccc(O)c(F)c2)cc1. The minimum atomic E-state index is -0.781. The molecule has 0 bridgehead atoms. The summed E-state index contributed by atoms with van der Waals surface area (Å²) >= 11 is 1.76. The third-order valence-electron chi connectivity index (χ3n) is 5.00. The van der Waals surface area contributed by atoms with Crippen molar-refractivity contribution in [3.8, 4) is 5.75 Å². The Balaban J connectivity index is 1.39. The third-order valence-corrected chi connectivity index (χ3v) is 5.74. The van der Waals surface area contributed by atoms with Gasteiger partial charge in [-0.2, -0.15) is 0 Å². The first-order valence-corrected chi connectivity index (χ1v) is 11.9. The van der Waals surface area contributed by atoms with Gasteiger partial charge < -0.3 is 20.3 Å². The van der Waals surface area contributed by atoms with Gasteiger partial charge in [-0.05, 0) is 73.9 Å². The number of nitrogens with one attached hydrogen (secondary N) is 1. The molecule has 0 saturated heterocycles. The zero-order valence-electron chi connectivity index (χ0n) is 17.8. The minimum absolute atomic E-state index is 0.368. The Morgan fingerprint density at radius 3 is 2.47 bits per heavy atom. The maximum absolute atomic E-state index is 13.3. The number of thioether (sulfide) groups is 1. The number of benzene rings is 2. The lowest BCUT2D eigenvalue weighted by molar-refractivity contribution is 0.127. The first-order chi connectivity index (χ1) is 14.6. The molecular formula is C24H34FNO3S. The van der Waals surface area contributed by atoms with E-state index < -0.39 is 17.7 Å². The van der Waals surface area contributed by atoms with Crippen molar-refractivity contribution in [1.82, 2.24) is 5.32 Å². The second-order valence-electron chi connectivity index (χ2n) is 7.41. The number of aryl methyl sites for hydroxylation is 1. The number of phenolic OH excluding ortho intramolecular Hbond substituents is 1. The lowest BCUT2D eigenvalue weighted by Gasteiger charge is -2.12. The fourth-order valence-electron chi connectivity index (χ4n) is 3.17. The van der Waals surface area contributed by atoms with Crippen molar-refractivity contribution in [2.45, 2.75) is 49.5 Å². The van der Waals surface area contributed by atoms with Gasteiger partial charge in [-0.25, -0.2) is 4.39 Å². The number of unbranched alkanes of at least 4 members (excludes halogenated alkanes) is 3. The Kier molecular flexibility index (Phi) is 11.9. The van der Waals surface area contributed by atoms with Gasteiger partial charge in [0.25, 0.3) is 0 Å². The Hall–Kier alpha value is -1.60. The molecule has 0 amide bonds. The number of aliphatic hydroxyl groups is 1. The Morgan fingerprint density at radius 2 is 1.73 bits per heavy atom. The van der Waals surface area contributed by atoms with Gasteiger partial charge in [-0.1, -0.05) is 31.0 Å². The second kappa shape index (κ2) is 14.4. The summed E-state index contributed by atoms with van der Waals surface area (Å²) in [5, 5.41) is 22.4. The summed E-state index contributed by atoms with van der Waals surface area (Å²) in [6, 6.07) is 12.7. The number of aromatic hydroxyl groups is 1. The molecule has 2 aromatic rings. The van der Waals surface area contributed by atoms with Gasteiger partial charge >= 0.3 is 0 Å². The molecule has 0 spiro atoms. The monoisotopic (exact) mass is 435 g/mol. The van der Waals surface area contributed by atoms with E-state index in [1.807, 2.05) is 0 Å². The molecule has 0 heterocycles. The van der Waals surface area contributed by atoms with Gasteiger partial charge in [0, 0.05) is 24.7 Å². The summed E-state index contributed by atoms with van der Waals surface area (Å²) in [6.07, 6.45) is 7.76. The molecule has 2 rings (SSSR count). The van der Waals surface area contributed by atoms with Crippen LogP contribution in [-0.2, 0) is 11.2 Å². The quantitative estimate of drug-likeness (QED) is 0.269. The zero-order valence-corrected chi connectivity index (χ0v) is 18.6. The summed E-state index contributed by atoms with van der Waals surface area (Å²) < 4.78 is 19.0. The van der Waals surface area contributed by atoms with E-state index in [-0.39, 0.29) is 0 Å². The highest BCUT2D eigenvalue weighted by Gasteiger charge is 2.09. The number of hydrogen-bond donors (Lipinski definition) is 3. The van der Waals surface area contributed by atoms with Crippen LogP contribution in [-0.4, -0.2) is 42.8 Å². The average molecular weight is 436 g/mol. The van der Waals surface area contributed by atoms with Crippen molar-refractivity contribution in [2.75, 3.05) is 32.6 Å².